The first-order valence-corrected chi connectivity index (χ1v) is 5.84. The van der Waals surface area contributed by atoms with E-state index in [0.717, 1.165) is 18.3 Å². The number of hydrogen-bond acceptors (Lipinski definition) is 5. The fourth-order valence-corrected chi connectivity index (χ4v) is 2.14. The predicted molar refractivity (Wildman–Crippen MR) is 56.6 cm³/mol. The monoisotopic (exact) mass is 213 g/mol. The minimum atomic E-state index is 0.506. The van der Waals surface area contributed by atoms with Gasteiger partial charge in [-0.2, -0.15) is 4.37 Å². The SMILES string of the molecule is c1nsc(NCCOC2CCCC2)n1. The Morgan fingerprint density at radius 2 is 2.36 bits per heavy atom. The topological polar surface area (TPSA) is 47.0 Å². The molecular formula is C9H15N3OS. The fourth-order valence-electron chi connectivity index (χ4n) is 1.69. The zero-order chi connectivity index (χ0) is 9.64. The van der Waals surface area contributed by atoms with Crippen molar-refractivity contribution in [3.05, 3.63) is 6.33 Å². The summed E-state index contributed by atoms with van der Waals surface area (Å²) in [5.74, 6) is 0. The molecule has 0 spiro atoms. The Bertz CT molecular complexity index is 247. The Morgan fingerprint density at radius 1 is 1.50 bits per heavy atom. The first kappa shape index (κ1) is 9.86. The molecule has 5 heteroatoms. The second kappa shape index (κ2) is 5.26. The summed E-state index contributed by atoms with van der Waals surface area (Å²) in [5.41, 5.74) is 0. The Labute approximate surface area is 87.9 Å². The number of nitrogens with one attached hydrogen (secondary N) is 1. The van der Waals surface area contributed by atoms with Gasteiger partial charge < -0.3 is 10.1 Å². The number of rotatable bonds is 5. The summed E-state index contributed by atoms with van der Waals surface area (Å²) in [5, 5.41) is 4.04. The summed E-state index contributed by atoms with van der Waals surface area (Å²) in [7, 11) is 0. The average molecular weight is 213 g/mol. The molecule has 14 heavy (non-hydrogen) atoms. The van der Waals surface area contributed by atoms with Crippen molar-refractivity contribution in [3.63, 3.8) is 0 Å². The predicted octanol–water partition coefficient (Wildman–Crippen LogP) is 1.91. The lowest BCUT2D eigenvalue weighted by Gasteiger charge is -2.10. The van der Waals surface area contributed by atoms with Crippen molar-refractivity contribution in [3.8, 4) is 0 Å². The molecule has 4 nitrogen and oxygen atoms in total. The number of nitrogens with zero attached hydrogens (tertiary/aromatic N) is 2. The van der Waals surface area contributed by atoms with Gasteiger partial charge in [0, 0.05) is 18.1 Å². The van der Waals surface area contributed by atoms with Crippen LogP contribution in [0.2, 0.25) is 0 Å². The molecule has 1 aliphatic rings. The van der Waals surface area contributed by atoms with Gasteiger partial charge in [0.05, 0.1) is 12.7 Å². The minimum absolute atomic E-state index is 0.506. The van der Waals surface area contributed by atoms with Gasteiger partial charge >= 0.3 is 0 Å². The van der Waals surface area contributed by atoms with Gasteiger partial charge in [0.25, 0.3) is 0 Å². The van der Waals surface area contributed by atoms with Gasteiger partial charge in [0.1, 0.15) is 6.33 Å². The van der Waals surface area contributed by atoms with Crippen molar-refractivity contribution in [2.75, 3.05) is 18.5 Å². The van der Waals surface area contributed by atoms with Crippen molar-refractivity contribution in [2.24, 2.45) is 0 Å². The van der Waals surface area contributed by atoms with Crippen molar-refractivity contribution in [2.45, 2.75) is 31.8 Å². The van der Waals surface area contributed by atoms with Crippen LogP contribution in [-0.2, 0) is 4.74 Å². The van der Waals surface area contributed by atoms with Crippen molar-refractivity contribution < 1.29 is 4.74 Å². The Hall–Kier alpha value is -0.680. The summed E-state index contributed by atoms with van der Waals surface area (Å²) in [6.07, 6.45) is 7.19. The van der Waals surface area contributed by atoms with E-state index >= 15 is 0 Å². The summed E-state index contributed by atoms with van der Waals surface area (Å²) in [6.45, 7) is 1.59. The quantitative estimate of drug-likeness (QED) is 0.759. The number of ether oxygens (including phenoxy) is 1. The van der Waals surface area contributed by atoms with Gasteiger partial charge in [0.15, 0.2) is 0 Å². The van der Waals surface area contributed by atoms with E-state index < -0.39 is 0 Å². The van der Waals surface area contributed by atoms with Gasteiger partial charge in [0.2, 0.25) is 5.13 Å². The van der Waals surface area contributed by atoms with Gasteiger partial charge in [-0.3, -0.25) is 0 Å². The molecule has 0 aliphatic heterocycles. The van der Waals surface area contributed by atoms with Crippen molar-refractivity contribution in [1.82, 2.24) is 9.36 Å². The molecule has 0 atom stereocenters. The molecule has 1 N–H and O–H groups in total. The molecule has 0 aromatic carbocycles. The van der Waals surface area contributed by atoms with E-state index in [9.17, 15) is 0 Å². The smallest absolute Gasteiger partial charge is 0.202 e. The van der Waals surface area contributed by atoms with E-state index in [1.807, 2.05) is 0 Å². The van der Waals surface area contributed by atoms with Crippen LogP contribution in [0.1, 0.15) is 25.7 Å². The number of anilines is 1. The third kappa shape index (κ3) is 2.92. The fraction of sp³-hybridized carbons (Fsp3) is 0.778. The number of aromatic nitrogens is 2. The minimum Gasteiger partial charge on any atom is -0.376 e. The molecule has 78 valence electrons. The third-order valence-electron chi connectivity index (χ3n) is 2.40. The summed E-state index contributed by atoms with van der Waals surface area (Å²) in [6, 6.07) is 0. The van der Waals surface area contributed by atoms with Crippen LogP contribution in [0, 0.1) is 0 Å². The highest BCUT2D eigenvalue weighted by Crippen LogP contribution is 2.20. The van der Waals surface area contributed by atoms with Crippen molar-refractivity contribution >= 4 is 16.7 Å². The lowest BCUT2D eigenvalue weighted by Crippen LogP contribution is -2.15. The van der Waals surface area contributed by atoms with Gasteiger partial charge in [-0.15, -0.1) is 0 Å². The van der Waals surface area contributed by atoms with Gasteiger partial charge in [-0.1, -0.05) is 12.8 Å². The van der Waals surface area contributed by atoms with Crippen LogP contribution in [0.5, 0.6) is 0 Å². The van der Waals surface area contributed by atoms with E-state index in [2.05, 4.69) is 14.7 Å². The van der Waals surface area contributed by atoms with Crippen molar-refractivity contribution in [1.29, 1.82) is 0 Å². The standard InChI is InChI=1S/C9H15N3OS/c1-2-4-8(3-1)13-6-5-10-9-11-7-12-14-9/h7-8H,1-6H2,(H,10,11,12). The first-order valence-electron chi connectivity index (χ1n) is 5.07. The van der Waals surface area contributed by atoms with Gasteiger partial charge in [-0.05, 0) is 12.8 Å². The largest absolute Gasteiger partial charge is 0.376 e. The second-order valence-electron chi connectivity index (χ2n) is 3.45. The molecule has 0 bridgehead atoms. The van der Waals surface area contributed by atoms with E-state index in [1.165, 1.54) is 37.2 Å². The number of hydrogen-bond donors (Lipinski definition) is 1. The zero-order valence-corrected chi connectivity index (χ0v) is 8.92. The molecule has 0 unspecified atom stereocenters. The lowest BCUT2D eigenvalue weighted by atomic mass is 10.3. The molecule has 0 amide bonds. The summed E-state index contributed by atoms with van der Waals surface area (Å²) < 4.78 is 9.60. The molecule has 1 heterocycles. The maximum Gasteiger partial charge on any atom is 0.202 e. The molecule has 1 aliphatic carbocycles. The van der Waals surface area contributed by atoms with Crippen LogP contribution in [0.15, 0.2) is 6.33 Å². The molecule has 1 saturated carbocycles. The highest BCUT2D eigenvalue weighted by molar-refractivity contribution is 7.09. The van der Waals surface area contributed by atoms with E-state index in [-0.39, 0.29) is 0 Å². The van der Waals surface area contributed by atoms with Crippen LogP contribution < -0.4 is 5.32 Å². The molecule has 0 radical (unpaired) electrons. The molecule has 1 fully saturated rings. The van der Waals surface area contributed by atoms with E-state index in [1.54, 1.807) is 6.33 Å². The average Bonchev–Trinajstić information content (AvgIpc) is 2.86. The van der Waals surface area contributed by atoms with Crippen LogP contribution >= 0.6 is 11.5 Å². The normalized spacial score (nSPS) is 17.4. The van der Waals surface area contributed by atoms with E-state index in [0.29, 0.717) is 6.10 Å². The molecule has 0 saturated heterocycles. The van der Waals surface area contributed by atoms with Crippen LogP contribution in [-0.4, -0.2) is 28.6 Å². The zero-order valence-electron chi connectivity index (χ0n) is 8.11. The third-order valence-corrected chi connectivity index (χ3v) is 3.02. The Balaban J connectivity index is 1.55. The Kier molecular flexibility index (Phi) is 3.71. The maximum absolute atomic E-state index is 5.70. The van der Waals surface area contributed by atoms with Crippen LogP contribution in [0.25, 0.3) is 0 Å². The molecule has 2 rings (SSSR count). The van der Waals surface area contributed by atoms with Gasteiger partial charge in [-0.25, -0.2) is 4.98 Å². The van der Waals surface area contributed by atoms with Crippen LogP contribution in [0.4, 0.5) is 5.13 Å². The van der Waals surface area contributed by atoms with E-state index in [4.69, 9.17) is 4.74 Å². The second-order valence-corrected chi connectivity index (χ2v) is 4.23. The summed E-state index contributed by atoms with van der Waals surface area (Å²) >= 11 is 1.38. The highest BCUT2D eigenvalue weighted by Gasteiger charge is 2.14. The maximum atomic E-state index is 5.70. The lowest BCUT2D eigenvalue weighted by molar-refractivity contribution is 0.0659. The first-order chi connectivity index (χ1) is 6.95. The summed E-state index contributed by atoms with van der Waals surface area (Å²) in [4.78, 5) is 4.03. The highest BCUT2D eigenvalue weighted by atomic mass is 32.1. The molecule has 1 aromatic rings. The Morgan fingerprint density at radius 3 is 3.07 bits per heavy atom. The molecule has 1 aromatic heterocycles. The van der Waals surface area contributed by atoms with Crippen LogP contribution in [0.3, 0.4) is 0 Å². The molecular weight excluding hydrogens is 198 g/mol.